The molecule has 3 heterocycles. The first-order chi connectivity index (χ1) is 16.3. The molecule has 1 aliphatic rings. The predicted molar refractivity (Wildman–Crippen MR) is 131 cm³/mol. The van der Waals surface area contributed by atoms with E-state index in [9.17, 15) is 0 Å². The molecule has 1 saturated heterocycles. The zero-order valence-electron chi connectivity index (χ0n) is 19.2. The Balaban J connectivity index is 1.31. The van der Waals surface area contributed by atoms with E-state index in [0.29, 0.717) is 18.3 Å². The van der Waals surface area contributed by atoms with Crippen LogP contribution < -0.4 is 20.1 Å². The Hall–Kier alpha value is -3.39. The summed E-state index contributed by atoms with van der Waals surface area (Å²) in [6.07, 6.45) is 9.87. The fourth-order valence-electron chi connectivity index (χ4n) is 3.87. The second-order valence-electron chi connectivity index (χ2n) is 8.04. The fourth-order valence-corrected chi connectivity index (χ4v) is 3.87. The molecule has 3 aromatic rings. The number of benzene rings is 1. The number of ether oxygens (including phenoxy) is 2. The molecule has 2 N–H and O–H groups in total. The van der Waals surface area contributed by atoms with Gasteiger partial charge in [-0.1, -0.05) is 0 Å². The van der Waals surface area contributed by atoms with Crippen molar-refractivity contribution in [2.24, 2.45) is 0 Å². The van der Waals surface area contributed by atoms with Crippen LogP contribution in [0.5, 0.6) is 11.5 Å². The van der Waals surface area contributed by atoms with E-state index in [-0.39, 0.29) is 0 Å². The highest BCUT2D eigenvalue weighted by Gasteiger charge is 2.11. The average Bonchev–Trinajstić information content (AvgIpc) is 3.37. The van der Waals surface area contributed by atoms with Gasteiger partial charge < -0.3 is 25.0 Å². The van der Waals surface area contributed by atoms with E-state index in [1.807, 2.05) is 48.8 Å². The minimum Gasteiger partial charge on any atom is -0.493 e. The van der Waals surface area contributed by atoms with E-state index in [4.69, 9.17) is 9.47 Å². The second kappa shape index (κ2) is 12.0. The summed E-state index contributed by atoms with van der Waals surface area (Å²) in [6.45, 7) is 4.93. The van der Waals surface area contributed by atoms with Crippen molar-refractivity contribution >= 4 is 17.5 Å². The Morgan fingerprint density at radius 1 is 1.00 bits per heavy atom. The molecule has 0 bridgehead atoms. The van der Waals surface area contributed by atoms with Gasteiger partial charge in [-0.25, -0.2) is 4.98 Å². The summed E-state index contributed by atoms with van der Waals surface area (Å²) in [5, 5.41) is 6.61. The van der Waals surface area contributed by atoms with Crippen molar-refractivity contribution in [1.82, 2.24) is 19.9 Å². The molecule has 2 aromatic heterocycles. The third-order valence-corrected chi connectivity index (χ3v) is 5.62. The quantitative estimate of drug-likeness (QED) is 0.400. The van der Waals surface area contributed by atoms with Crippen LogP contribution in [-0.4, -0.2) is 59.7 Å². The maximum Gasteiger partial charge on any atom is 0.229 e. The minimum atomic E-state index is 0.522. The van der Waals surface area contributed by atoms with Gasteiger partial charge in [0, 0.05) is 43.4 Å². The maximum absolute atomic E-state index is 6.04. The first kappa shape index (κ1) is 22.8. The van der Waals surface area contributed by atoms with Gasteiger partial charge in [-0.3, -0.25) is 4.98 Å². The first-order valence-electron chi connectivity index (χ1n) is 11.6. The van der Waals surface area contributed by atoms with Crippen molar-refractivity contribution in [2.45, 2.75) is 25.7 Å². The molecule has 8 heteroatoms. The van der Waals surface area contributed by atoms with E-state index < -0.39 is 0 Å². The van der Waals surface area contributed by atoms with E-state index >= 15 is 0 Å². The smallest absolute Gasteiger partial charge is 0.229 e. The minimum absolute atomic E-state index is 0.522. The zero-order valence-corrected chi connectivity index (χ0v) is 19.2. The Labute approximate surface area is 195 Å². The highest BCUT2D eigenvalue weighted by Crippen LogP contribution is 2.31. The molecule has 174 valence electrons. The Morgan fingerprint density at radius 2 is 1.85 bits per heavy atom. The molecule has 0 unspecified atom stereocenters. The maximum atomic E-state index is 6.04. The van der Waals surface area contributed by atoms with Gasteiger partial charge in [0.15, 0.2) is 11.5 Å². The third kappa shape index (κ3) is 7.05. The van der Waals surface area contributed by atoms with Crippen molar-refractivity contribution in [2.75, 3.05) is 50.5 Å². The van der Waals surface area contributed by atoms with Crippen LogP contribution in [0.1, 0.15) is 24.8 Å². The van der Waals surface area contributed by atoms with Gasteiger partial charge in [0.25, 0.3) is 0 Å². The number of methoxy groups -OCH3 is 1. The lowest BCUT2D eigenvalue weighted by molar-refractivity contribution is 0.254. The monoisotopic (exact) mass is 448 g/mol. The first-order valence-corrected chi connectivity index (χ1v) is 11.6. The molecule has 1 aromatic carbocycles. The topological polar surface area (TPSA) is 84.4 Å². The van der Waals surface area contributed by atoms with Gasteiger partial charge in [0.05, 0.1) is 13.7 Å². The van der Waals surface area contributed by atoms with E-state index in [0.717, 1.165) is 43.2 Å². The molecule has 4 rings (SSSR count). The molecule has 8 nitrogen and oxygen atoms in total. The number of hydrogen-bond acceptors (Lipinski definition) is 8. The lowest BCUT2D eigenvalue weighted by Crippen LogP contribution is -2.21. The SMILES string of the molecule is COc1ccc(Nc2nccc(NCCc3ccncc3)n2)cc1OCCCN1CCCC1. The van der Waals surface area contributed by atoms with Crippen LogP contribution in [0.15, 0.2) is 55.0 Å². The van der Waals surface area contributed by atoms with Crippen LogP contribution in [-0.2, 0) is 6.42 Å². The summed E-state index contributed by atoms with van der Waals surface area (Å²) in [4.78, 5) is 15.5. The van der Waals surface area contributed by atoms with Gasteiger partial charge in [0.1, 0.15) is 5.82 Å². The molecule has 33 heavy (non-hydrogen) atoms. The average molecular weight is 449 g/mol. The number of likely N-dealkylation sites (tertiary alicyclic amines) is 1. The molecule has 0 amide bonds. The molecule has 0 atom stereocenters. The number of rotatable bonds is 12. The molecule has 1 aliphatic heterocycles. The van der Waals surface area contributed by atoms with Crippen LogP contribution in [0, 0.1) is 0 Å². The summed E-state index contributed by atoms with van der Waals surface area (Å²) < 4.78 is 11.5. The van der Waals surface area contributed by atoms with Crippen molar-refractivity contribution in [3.63, 3.8) is 0 Å². The molecule has 0 spiro atoms. The number of nitrogens with one attached hydrogen (secondary N) is 2. The molecular weight excluding hydrogens is 416 g/mol. The fraction of sp³-hybridized carbons (Fsp3) is 0.400. The standard InChI is InChI=1S/C25H32N6O2/c1-32-22-6-5-21(19-23(22)33-18-4-17-31-15-2-3-16-31)29-25-28-14-10-24(30-25)27-13-9-20-7-11-26-12-8-20/h5-8,10-12,14,19H,2-4,9,13,15-18H2,1H3,(H2,27,28,29,30). The Morgan fingerprint density at radius 3 is 2.67 bits per heavy atom. The molecule has 1 fully saturated rings. The molecule has 0 aliphatic carbocycles. The van der Waals surface area contributed by atoms with E-state index in [1.54, 1.807) is 13.3 Å². The van der Waals surface area contributed by atoms with Crippen molar-refractivity contribution in [3.05, 3.63) is 60.6 Å². The summed E-state index contributed by atoms with van der Waals surface area (Å²) in [7, 11) is 1.66. The van der Waals surface area contributed by atoms with Crippen LogP contribution in [0.4, 0.5) is 17.5 Å². The molecular formula is C25H32N6O2. The van der Waals surface area contributed by atoms with Crippen LogP contribution in [0.2, 0.25) is 0 Å². The number of hydrogen-bond donors (Lipinski definition) is 2. The van der Waals surface area contributed by atoms with Gasteiger partial charge >= 0.3 is 0 Å². The highest BCUT2D eigenvalue weighted by atomic mass is 16.5. The van der Waals surface area contributed by atoms with Gasteiger partial charge in [-0.15, -0.1) is 0 Å². The van der Waals surface area contributed by atoms with E-state index in [1.165, 1.54) is 31.5 Å². The summed E-state index contributed by atoms with van der Waals surface area (Å²) >= 11 is 0. The van der Waals surface area contributed by atoms with Gasteiger partial charge in [-0.2, -0.15) is 4.98 Å². The van der Waals surface area contributed by atoms with Crippen molar-refractivity contribution in [3.8, 4) is 11.5 Å². The zero-order chi connectivity index (χ0) is 22.7. The van der Waals surface area contributed by atoms with E-state index in [2.05, 4.69) is 30.5 Å². The van der Waals surface area contributed by atoms with Gasteiger partial charge in [-0.05, 0) is 74.7 Å². The number of nitrogens with zero attached hydrogens (tertiary/aromatic N) is 4. The number of pyridine rings is 1. The summed E-state index contributed by atoms with van der Waals surface area (Å²) in [6, 6.07) is 11.7. The number of anilines is 3. The van der Waals surface area contributed by atoms with Crippen molar-refractivity contribution in [1.29, 1.82) is 0 Å². The van der Waals surface area contributed by atoms with Crippen LogP contribution >= 0.6 is 0 Å². The molecule has 0 radical (unpaired) electrons. The normalized spacial score (nSPS) is 13.6. The lowest BCUT2D eigenvalue weighted by Gasteiger charge is -2.16. The largest absolute Gasteiger partial charge is 0.493 e. The summed E-state index contributed by atoms with van der Waals surface area (Å²) in [5.74, 6) is 2.73. The third-order valence-electron chi connectivity index (χ3n) is 5.62. The predicted octanol–water partition coefficient (Wildman–Crippen LogP) is 4.14. The van der Waals surface area contributed by atoms with Crippen LogP contribution in [0.3, 0.4) is 0 Å². The Bertz CT molecular complexity index is 995. The van der Waals surface area contributed by atoms with Crippen molar-refractivity contribution < 1.29 is 9.47 Å². The number of aromatic nitrogens is 3. The highest BCUT2D eigenvalue weighted by molar-refractivity contribution is 5.60. The second-order valence-corrected chi connectivity index (χ2v) is 8.04. The Kier molecular flexibility index (Phi) is 8.30. The van der Waals surface area contributed by atoms with Gasteiger partial charge in [0.2, 0.25) is 5.95 Å². The summed E-state index contributed by atoms with van der Waals surface area (Å²) in [5.41, 5.74) is 2.08. The van der Waals surface area contributed by atoms with Crippen LogP contribution in [0.25, 0.3) is 0 Å². The molecule has 0 saturated carbocycles. The lowest BCUT2D eigenvalue weighted by atomic mass is 10.2.